The number of nitrogens with two attached hydrogens (primary N) is 1. The molecule has 1 saturated carbocycles. The van der Waals surface area contributed by atoms with Crippen molar-refractivity contribution in [3.05, 3.63) is 0 Å². The van der Waals surface area contributed by atoms with Crippen LogP contribution in [0.4, 0.5) is 0 Å². The maximum Gasteiger partial charge on any atom is 0.0246 e. The fourth-order valence-corrected chi connectivity index (χ4v) is 3.20. The Balaban J connectivity index is 1.82. The van der Waals surface area contributed by atoms with Gasteiger partial charge in [0, 0.05) is 18.6 Å². The van der Waals surface area contributed by atoms with E-state index in [4.69, 9.17) is 5.73 Å². The van der Waals surface area contributed by atoms with Crippen LogP contribution in [0.2, 0.25) is 0 Å². The van der Waals surface area contributed by atoms with E-state index in [-0.39, 0.29) is 0 Å². The van der Waals surface area contributed by atoms with Crippen molar-refractivity contribution >= 4 is 0 Å². The van der Waals surface area contributed by atoms with Crippen LogP contribution in [-0.2, 0) is 0 Å². The lowest BCUT2D eigenvalue weighted by Crippen LogP contribution is -2.52. The lowest BCUT2D eigenvalue weighted by Gasteiger charge is -2.44. The zero-order chi connectivity index (χ0) is 11.5. The van der Waals surface area contributed by atoms with Crippen molar-refractivity contribution in [2.24, 2.45) is 11.7 Å². The largest absolute Gasteiger partial charge is 0.329 e. The number of nitrogens with zero attached hydrogens (tertiary/aromatic N) is 2. The predicted octanol–water partition coefficient (Wildman–Crippen LogP) is 1.14. The van der Waals surface area contributed by atoms with Gasteiger partial charge in [0.25, 0.3) is 0 Å². The Labute approximate surface area is 100.0 Å². The molecule has 1 aliphatic heterocycles. The molecule has 3 nitrogen and oxygen atoms in total. The molecule has 1 saturated heterocycles. The molecule has 1 unspecified atom stereocenters. The fourth-order valence-electron chi connectivity index (χ4n) is 3.20. The standard InChI is InChI=1S/C13H27N3/c1-15(2)12-6-8-16(9-7-12)13(10-14)11-4-3-5-11/h11-13H,3-10,14H2,1-2H3. The molecule has 2 N–H and O–H groups in total. The van der Waals surface area contributed by atoms with Crippen LogP contribution in [0.5, 0.6) is 0 Å². The highest BCUT2D eigenvalue weighted by Gasteiger charge is 2.33. The van der Waals surface area contributed by atoms with Gasteiger partial charge in [-0.1, -0.05) is 6.42 Å². The summed E-state index contributed by atoms with van der Waals surface area (Å²) < 4.78 is 0. The monoisotopic (exact) mass is 225 g/mol. The van der Waals surface area contributed by atoms with Crippen LogP contribution in [0, 0.1) is 5.92 Å². The fraction of sp³-hybridized carbons (Fsp3) is 1.00. The molecule has 0 aromatic rings. The molecule has 1 aliphatic carbocycles. The molecule has 3 heteroatoms. The zero-order valence-corrected chi connectivity index (χ0v) is 10.9. The maximum absolute atomic E-state index is 5.96. The van der Waals surface area contributed by atoms with Crippen LogP contribution < -0.4 is 5.73 Å². The van der Waals surface area contributed by atoms with E-state index in [0.717, 1.165) is 18.5 Å². The van der Waals surface area contributed by atoms with Gasteiger partial charge in [-0.05, 0) is 58.8 Å². The molecule has 0 bridgehead atoms. The lowest BCUT2D eigenvalue weighted by molar-refractivity contribution is 0.0583. The van der Waals surface area contributed by atoms with E-state index in [2.05, 4.69) is 23.9 Å². The molecule has 1 atom stereocenters. The van der Waals surface area contributed by atoms with Gasteiger partial charge < -0.3 is 10.6 Å². The predicted molar refractivity (Wildman–Crippen MR) is 68.5 cm³/mol. The lowest BCUT2D eigenvalue weighted by atomic mass is 9.78. The first-order chi connectivity index (χ1) is 7.72. The smallest absolute Gasteiger partial charge is 0.0246 e. The molecule has 94 valence electrons. The van der Waals surface area contributed by atoms with E-state index >= 15 is 0 Å². The zero-order valence-electron chi connectivity index (χ0n) is 10.9. The van der Waals surface area contributed by atoms with Gasteiger partial charge in [-0.2, -0.15) is 0 Å². The van der Waals surface area contributed by atoms with Crippen LogP contribution in [0.25, 0.3) is 0 Å². The topological polar surface area (TPSA) is 32.5 Å². The van der Waals surface area contributed by atoms with Gasteiger partial charge in [0.15, 0.2) is 0 Å². The molecule has 1 heterocycles. The minimum Gasteiger partial charge on any atom is -0.329 e. The second kappa shape index (κ2) is 5.48. The Morgan fingerprint density at radius 3 is 2.19 bits per heavy atom. The molecular weight excluding hydrogens is 198 g/mol. The molecule has 0 amide bonds. The first kappa shape index (κ1) is 12.3. The van der Waals surface area contributed by atoms with Crippen molar-refractivity contribution in [3.8, 4) is 0 Å². The van der Waals surface area contributed by atoms with Crippen LogP contribution >= 0.6 is 0 Å². The Bertz CT molecular complexity index is 205. The summed E-state index contributed by atoms with van der Waals surface area (Å²) in [6, 6.07) is 1.47. The van der Waals surface area contributed by atoms with Gasteiger partial charge in [-0.15, -0.1) is 0 Å². The van der Waals surface area contributed by atoms with E-state index in [1.54, 1.807) is 0 Å². The number of hydrogen-bond acceptors (Lipinski definition) is 3. The highest BCUT2D eigenvalue weighted by atomic mass is 15.2. The van der Waals surface area contributed by atoms with Crippen LogP contribution in [0.15, 0.2) is 0 Å². The molecule has 2 aliphatic rings. The van der Waals surface area contributed by atoms with Crippen molar-refractivity contribution in [3.63, 3.8) is 0 Å². The summed E-state index contributed by atoms with van der Waals surface area (Å²) in [5.41, 5.74) is 5.96. The van der Waals surface area contributed by atoms with Crippen molar-refractivity contribution < 1.29 is 0 Å². The molecule has 2 rings (SSSR count). The summed E-state index contributed by atoms with van der Waals surface area (Å²) in [6.45, 7) is 3.36. The van der Waals surface area contributed by atoms with Gasteiger partial charge in [0.1, 0.15) is 0 Å². The normalized spacial score (nSPS) is 27.0. The summed E-state index contributed by atoms with van der Waals surface area (Å²) >= 11 is 0. The van der Waals surface area contributed by atoms with Crippen molar-refractivity contribution in [1.29, 1.82) is 0 Å². The third kappa shape index (κ3) is 2.58. The number of rotatable bonds is 4. The quantitative estimate of drug-likeness (QED) is 0.779. The second-order valence-electron chi connectivity index (χ2n) is 5.72. The average molecular weight is 225 g/mol. The van der Waals surface area contributed by atoms with Gasteiger partial charge in [-0.3, -0.25) is 4.90 Å². The highest BCUT2D eigenvalue weighted by molar-refractivity contribution is 4.88. The molecule has 0 radical (unpaired) electrons. The highest BCUT2D eigenvalue weighted by Crippen LogP contribution is 2.33. The first-order valence-corrected chi connectivity index (χ1v) is 6.83. The van der Waals surface area contributed by atoms with Gasteiger partial charge in [0.2, 0.25) is 0 Å². The second-order valence-corrected chi connectivity index (χ2v) is 5.72. The van der Waals surface area contributed by atoms with Crippen LogP contribution in [0.1, 0.15) is 32.1 Å². The number of likely N-dealkylation sites (tertiary alicyclic amines) is 1. The van der Waals surface area contributed by atoms with E-state index in [1.807, 2.05) is 0 Å². The van der Waals surface area contributed by atoms with E-state index in [0.29, 0.717) is 6.04 Å². The summed E-state index contributed by atoms with van der Waals surface area (Å²) in [6.07, 6.45) is 6.88. The molecule has 2 fully saturated rings. The molecule has 0 spiro atoms. The summed E-state index contributed by atoms with van der Waals surface area (Å²) in [5.74, 6) is 0.904. The number of piperidine rings is 1. The van der Waals surface area contributed by atoms with E-state index in [9.17, 15) is 0 Å². The third-order valence-electron chi connectivity index (χ3n) is 4.63. The first-order valence-electron chi connectivity index (χ1n) is 6.83. The maximum atomic E-state index is 5.96. The number of hydrogen-bond donors (Lipinski definition) is 1. The Kier molecular flexibility index (Phi) is 4.22. The Morgan fingerprint density at radius 2 is 1.81 bits per heavy atom. The summed E-state index contributed by atoms with van der Waals surface area (Å²) in [4.78, 5) is 5.03. The Morgan fingerprint density at radius 1 is 1.19 bits per heavy atom. The molecule has 0 aromatic heterocycles. The van der Waals surface area contributed by atoms with Crippen molar-refractivity contribution in [2.45, 2.75) is 44.2 Å². The van der Waals surface area contributed by atoms with Crippen LogP contribution in [-0.4, -0.2) is 55.6 Å². The third-order valence-corrected chi connectivity index (χ3v) is 4.63. The van der Waals surface area contributed by atoms with Crippen LogP contribution in [0.3, 0.4) is 0 Å². The summed E-state index contributed by atoms with van der Waals surface area (Å²) in [7, 11) is 4.40. The van der Waals surface area contributed by atoms with Crippen molar-refractivity contribution in [1.82, 2.24) is 9.80 Å². The molecular formula is C13H27N3. The Hall–Kier alpha value is -0.120. The SMILES string of the molecule is CN(C)C1CCN(C(CN)C2CCC2)CC1. The van der Waals surface area contributed by atoms with Gasteiger partial charge in [-0.25, -0.2) is 0 Å². The van der Waals surface area contributed by atoms with Gasteiger partial charge >= 0.3 is 0 Å². The average Bonchev–Trinajstić information content (AvgIpc) is 2.23. The summed E-state index contributed by atoms with van der Waals surface area (Å²) in [5, 5.41) is 0. The minimum absolute atomic E-state index is 0.678. The van der Waals surface area contributed by atoms with E-state index in [1.165, 1.54) is 45.2 Å². The van der Waals surface area contributed by atoms with E-state index < -0.39 is 0 Å². The molecule has 16 heavy (non-hydrogen) atoms. The minimum atomic E-state index is 0.678. The molecule has 0 aromatic carbocycles. The van der Waals surface area contributed by atoms with Gasteiger partial charge in [0.05, 0.1) is 0 Å². The van der Waals surface area contributed by atoms with Crippen molar-refractivity contribution in [2.75, 3.05) is 33.7 Å².